The first kappa shape index (κ1) is 11.8. The quantitative estimate of drug-likeness (QED) is 0.587. The minimum absolute atomic E-state index is 0.0811. The van der Waals surface area contributed by atoms with Crippen LogP contribution in [-0.2, 0) is 0 Å². The molecule has 1 aromatic rings. The van der Waals surface area contributed by atoms with Crippen molar-refractivity contribution in [3.05, 3.63) is 42.1 Å². The summed E-state index contributed by atoms with van der Waals surface area (Å²) in [4.78, 5) is 0. The number of aryl methyl sites for hydroxylation is 1. The van der Waals surface area contributed by atoms with E-state index in [-0.39, 0.29) is 6.61 Å². The van der Waals surface area contributed by atoms with Gasteiger partial charge in [0.1, 0.15) is 6.61 Å². The van der Waals surface area contributed by atoms with E-state index in [2.05, 4.69) is 55.8 Å². The van der Waals surface area contributed by atoms with E-state index in [1.54, 1.807) is 0 Å². The van der Waals surface area contributed by atoms with Crippen LogP contribution in [-0.4, -0.2) is 19.8 Å². The number of aliphatic hydroxyl groups excluding tert-OH is 1. The summed E-state index contributed by atoms with van der Waals surface area (Å²) < 4.78 is 0. The number of aliphatic hydroxyl groups is 1. The zero-order valence-electron chi connectivity index (χ0n) is 9.25. The molecule has 0 saturated carbocycles. The fourth-order valence-corrected chi connectivity index (χ4v) is 3.15. The highest BCUT2D eigenvalue weighted by Crippen LogP contribution is 2.05. The number of benzene rings is 1. The Hall–Kier alpha value is -1.30. The molecule has 0 aliphatic rings. The van der Waals surface area contributed by atoms with Crippen LogP contribution in [0.15, 0.2) is 36.5 Å². The molecule has 0 amide bonds. The van der Waals surface area contributed by atoms with Crippen LogP contribution in [0.1, 0.15) is 5.56 Å². The van der Waals surface area contributed by atoms with Gasteiger partial charge >= 0.3 is 0 Å². The van der Waals surface area contributed by atoms with Crippen LogP contribution in [0, 0.1) is 18.4 Å². The average Bonchev–Trinajstić information content (AvgIpc) is 2.27. The van der Waals surface area contributed by atoms with Crippen LogP contribution in [0.3, 0.4) is 0 Å². The summed E-state index contributed by atoms with van der Waals surface area (Å²) in [5, 5.41) is 9.97. The third kappa shape index (κ3) is 2.82. The van der Waals surface area contributed by atoms with Crippen LogP contribution in [0.2, 0.25) is 6.55 Å². The molecule has 1 nitrogen and oxygen atoms in total. The lowest BCUT2D eigenvalue weighted by molar-refractivity contribution is 0.350. The second-order valence-corrected chi connectivity index (χ2v) is 7.37. The fraction of sp³-hybridized carbons (Fsp3) is 0.231. The molecule has 78 valence electrons. The van der Waals surface area contributed by atoms with E-state index in [4.69, 9.17) is 5.11 Å². The first-order chi connectivity index (χ1) is 7.12. The van der Waals surface area contributed by atoms with Crippen LogP contribution in [0.5, 0.6) is 0 Å². The Labute approximate surface area is 92.5 Å². The molecule has 0 spiro atoms. The average molecular weight is 216 g/mol. The molecule has 0 aromatic heterocycles. The van der Waals surface area contributed by atoms with Crippen molar-refractivity contribution in [3.8, 4) is 11.5 Å². The van der Waals surface area contributed by atoms with Gasteiger partial charge in [-0.3, -0.25) is 0 Å². The first-order valence-corrected chi connectivity index (χ1v) is 7.52. The molecule has 0 aliphatic heterocycles. The molecule has 2 heteroatoms. The molecule has 1 unspecified atom stereocenters. The van der Waals surface area contributed by atoms with Gasteiger partial charge in [0, 0.05) is 0 Å². The van der Waals surface area contributed by atoms with Gasteiger partial charge in [-0.15, -0.1) is 12.1 Å². The smallest absolute Gasteiger partial charge is 0.188 e. The van der Waals surface area contributed by atoms with Crippen LogP contribution < -0.4 is 5.19 Å². The van der Waals surface area contributed by atoms with Gasteiger partial charge in [0.25, 0.3) is 0 Å². The molecule has 0 fully saturated rings. The Morgan fingerprint density at radius 3 is 2.47 bits per heavy atom. The highest BCUT2D eigenvalue weighted by Gasteiger charge is 2.23. The summed E-state index contributed by atoms with van der Waals surface area (Å²) in [6.07, 6.45) is 0. The normalized spacial score (nSPS) is 13.5. The molecule has 1 N–H and O–H groups in total. The molecular weight excluding hydrogens is 200 g/mol. The monoisotopic (exact) mass is 216 g/mol. The molecular formula is C13H16OSi. The van der Waals surface area contributed by atoms with E-state index in [0.29, 0.717) is 0 Å². The molecule has 0 radical (unpaired) electrons. The molecule has 0 saturated heterocycles. The van der Waals surface area contributed by atoms with E-state index < -0.39 is 8.07 Å². The lowest BCUT2D eigenvalue weighted by atomic mass is 10.2. The molecule has 1 rings (SSSR count). The zero-order valence-corrected chi connectivity index (χ0v) is 10.2. The van der Waals surface area contributed by atoms with Crippen molar-refractivity contribution in [2.45, 2.75) is 13.5 Å². The maximum atomic E-state index is 8.73. The van der Waals surface area contributed by atoms with Gasteiger partial charge < -0.3 is 5.11 Å². The van der Waals surface area contributed by atoms with Gasteiger partial charge in [-0.2, -0.15) is 0 Å². The number of hydrogen-bond donors (Lipinski definition) is 1. The first-order valence-electron chi connectivity index (χ1n) is 4.94. The Kier molecular flexibility index (Phi) is 3.90. The summed E-state index contributed by atoms with van der Waals surface area (Å²) in [6.45, 7) is 7.98. The minimum Gasteiger partial charge on any atom is -0.384 e. The number of rotatable bonds is 2. The molecule has 1 atom stereocenters. The summed E-state index contributed by atoms with van der Waals surface area (Å²) in [5.41, 5.74) is 6.34. The van der Waals surface area contributed by atoms with E-state index >= 15 is 0 Å². The predicted molar refractivity (Wildman–Crippen MR) is 67.5 cm³/mol. The Morgan fingerprint density at radius 2 is 2.00 bits per heavy atom. The van der Waals surface area contributed by atoms with Gasteiger partial charge in [-0.1, -0.05) is 48.0 Å². The second kappa shape index (κ2) is 4.97. The maximum Gasteiger partial charge on any atom is 0.188 e. The topological polar surface area (TPSA) is 20.2 Å². The van der Waals surface area contributed by atoms with Crippen molar-refractivity contribution < 1.29 is 5.11 Å². The Balaban J connectivity index is 3.11. The van der Waals surface area contributed by atoms with Crippen LogP contribution in [0.4, 0.5) is 0 Å². The second-order valence-electron chi connectivity index (χ2n) is 3.73. The summed E-state index contributed by atoms with van der Waals surface area (Å²) in [7, 11) is -1.90. The Bertz CT molecular complexity index is 397. The van der Waals surface area contributed by atoms with Gasteiger partial charge in [0.15, 0.2) is 8.07 Å². The molecule has 0 bridgehead atoms. The summed E-state index contributed by atoms with van der Waals surface area (Å²) >= 11 is 0. The van der Waals surface area contributed by atoms with Gasteiger partial charge in [-0.25, -0.2) is 0 Å². The maximum absolute atomic E-state index is 8.73. The largest absolute Gasteiger partial charge is 0.384 e. The minimum atomic E-state index is -1.90. The van der Waals surface area contributed by atoms with Crippen molar-refractivity contribution in [2.75, 3.05) is 6.61 Å². The van der Waals surface area contributed by atoms with Gasteiger partial charge in [0.2, 0.25) is 0 Å². The third-order valence-electron chi connectivity index (χ3n) is 2.49. The molecule has 1 aromatic carbocycles. The number of hydrogen-bond acceptors (Lipinski definition) is 1. The van der Waals surface area contributed by atoms with Crippen LogP contribution in [0.25, 0.3) is 0 Å². The van der Waals surface area contributed by atoms with Crippen molar-refractivity contribution >= 4 is 13.3 Å². The fourth-order valence-electron chi connectivity index (χ4n) is 1.36. The SMILES string of the molecule is C=C[Si](C)(C#CCO)c1ccc(C)cc1. The molecule has 15 heavy (non-hydrogen) atoms. The van der Waals surface area contributed by atoms with Crippen molar-refractivity contribution in [3.63, 3.8) is 0 Å². The highest BCUT2D eigenvalue weighted by atomic mass is 28.3. The van der Waals surface area contributed by atoms with Crippen LogP contribution >= 0.6 is 0 Å². The van der Waals surface area contributed by atoms with Gasteiger partial charge in [0.05, 0.1) is 0 Å². The van der Waals surface area contributed by atoms with E-state index in [1.165, 1.54) is 10.8 Å². The van der Waals surface area contributed by atoms with Gasteiger partial charge in [-0.05, 0) is 12.1 Å². The van der Waals surface area contributed by atoms with E-state index in [9.17, 15) is 0 Å². The summed E-state index contributed by atoms with van der Waals surface area (Å²) in [6, 6.07) is 8.39. The standard InChI is InChI=1S/C13H16OSi/c1-4-15(3,11-5-10-14)13-8-6-12(2)7-9-13/h4,6-9,14H,1,10H2,2-3H3. The third-order valence-corrected chi connectivity index (χ3v) is 5.53. The summed E-state index contributed by atoms with van der Waals surface area (Å²) in [5.74, 6) is 2.75. The van der Waals surface area contributed by atoms with E-state index in [0.717, 1.165) is 0 Å². The lowest BCUT2D eigenvalue weighted by Crippen LogP contribution is -2.41. The van der Waals surface area contributed by atoms with Crippen molar-refractivity contribution in [1.82, 2.24) is 0 Å². The zero-order chi connectivity index (χ0) is 11.3. The van der Waals surface area contributed by atoms with Crippen molar-refractivity contribution in [2.24, 2.45) is 0 Å². The van der Waals surface area contributed by atoms with Crippen molar-refractivity contribution in [1.29, 1.82) is 0 Å². The van der Waals surface area contributed by atoms with E-state index in [1.807, 2.05) is 5.70 Å². The lowest BCUT2D eigenvalue weighted by Gasteiger charge is -2.16. The predicted octanol–water partition coefficient (Wildman–Crippen LogP) is 1.54. The highest BCUT2D eigenvalue weighted by molar-refractivity contribution is 7.01. The Morgan fingerprint density at radius 1 is 1.40 bits per heavy atom. The molecule has 0 heterocycles. The molecule has 0 aliphatic carbocycles.